The third kappa shape index (κ3) is 2.85. The van der Waals surface area contributed by atoms with Gasteiger partial charge in [-0.1, -0.05) is 23.7 Å². The van der Waals surface area contributed by atoms with Crippen LogP contribution in [0.1, 0.15) is 36.0 Å². The SMILES string of the molecule is NCCC1CCCCN1C(=O)c1ccccc1Cl. The lowest BCUT2D eigenvalue weighted by molar-refractivity contribution is 0.0605. The minimum absolute atomic E-state index is 0.0405. The van der Waals surface area contributed by atoms with Crippen molar-refractivity contribution in [3.05, 3.63) is 34.9 Å². The summed E-state index contributed by atoms with van der Waals surface area (Å²) in [6.45, 7) is 1.44. The van der Waals surface area contributed by atoms with E-state index >= 15 is 0 Å². The Morgan fingerprint density at radius 1 is 1.39 bits per heavy atom. The Morgan fingerprint density at radius 3 is 2.89 bits per heavy atom. The predicted molar refractivity (Wildman–Crippen MR) is 73.8 cm³/mol. The Labute approximate surface area is 113 Å². The molecule has 98 valence electrons. The molecule has 0 aliphatic carbocycles. The van der Waals surface area contributed by atoms with Crippen LogP contribution >= 0.6 is 11.6 Å². The number of benzene rings is 1. The van der Waals surface area contributed by atoms with Crippen molar-refractivity contribution in [2.24, 2.45) is 5.73 Å². The number of likely N-dealkylation sites (tertiary alicyclic amines) is 1. The van der Waals surface area contributed by atoms with Crippen LogP contribution in [0.15, 0.2) is 24.3 Å². The Bertz CT molecular complexity index is 420. The van der Waals surface area contributed by atoms with Crippen LogP contribution in [0.2, 0.25) is 5.02 Å². The average molecular weight is 267 g/mol. The van der Waals surface area contributed by atoms with E-state index in [9.17, 15) is 4.79 Å². The summed E-state index contributed by atoms with van der Waals surface area (Å²) in [5, 5.41) is 0.527. The molecule has 18 heavy (non-hydrogen) atoms. The van der Waals surface area contributed by atoms with Crippen LogP contribution in [0.25, 0.3) is 0 Å². The smallest absolute Gasteiger partial charge is 0.255 e. The number of piperidine rings is 1. The van der Waals surface area contributed by atoms with Crippen molar-refractivity contribution in [1.82, 2.24) is 4.90 Å². The molecule has 0 spiro atoms. The molecular weight excluding hydrogens is 248 g/mol. The summed E-state index contributed by atoms with van der Waals surface area (Å²) in [6.07, 6.45) is 4.16. The van der Waals surface area contributed by atoms with Gasteiger partial charge >= 0.3 is 0 Å². The molecule has 1 aliphatic heterocycles. The lowest BCUT2D eigenvalue weighted by Gasteiger charge is -2.36. The van der Waals surface area contributed by atoms with Crippen LogP contribution in [0.5, 0.6) is 0 Å². The predicted octanol–water partition coefficient (Wildman–Crippen LogP) is 2.68. The molecule has 1 aromatic rings. The van der Waals surface area contributed by atoms with Crippen molar-refractivity contribution < 1.29 is 4.79 Å². The Balaban J connectivity index is 2.18. The van der Waals surface area contributed by atoms with Gasteiger partial charge in [-0.2, -0.15) is 0 Å². The van der Waals surface area contributed by atoms with Crippen molar-refractivity contribution in [1.29, 1.82) is 0 Å². The number of hydrogen-bond acceptors (Lipinski definition) is 2. The summed E-state index contributed by atoms with van der Waals surface area (Å²) in [5.41, 5.74) is 6.23. The van der Waals surface area contributed by atoms with Crippen LogP contribution in [0.4, 0.5) is 0 Å². The van der Waals surface area contributed by atoms with E-state index in [2.05, 4.69) is 0 Å². The van der Waals surface area contributed by atoms with Gasteiger partial charge in [-0.05, 0) is 44.4 Å². The Morgan fingerprint density at radius 2 is 2.17 bits per heavy atom. The highest BCUT2D eigenvalue weighted by Gasteiger charge is 2.27. The zero-order chi connectivity index (χ0) is 13.0. The minimum Gasteiger partial charge on any atom is -0.336 e. The number of carbonyl (C=O) groups excluding carboxylic acids is 1. The molecule has 0 bridgehead atoms. The standard InChI is InChI=1S/C14H19ClN2O/c15-13-7-2-1-6-12(13)14(18)17-10-4-3-5-11(17)8-9-16/h1-2,6-7,11H,3-5,8-10,16H2. The third-order valence-electron chi connectivity index (χ3n) is 3.49. The van der Waals surface area contributed by atoms with E-state index in [-0.39, 0.29) is 11.9 Å². The van der Waals surface area contributed by atoms with E-state index in [1.165, 1.54) is 6.42 Å². The quantitative estimate of drug-likeness (QED) is 0.914. The van der Waals surface area contributed by atoms with Crippen LogP contribution in [-0.4, -0.2) is 29.9 Å². The molecule has 1 fully saturated rings. The molecule has 1 aromatic carbocycles. The molecule has 4 heteroatoms. The van der Waals surface area contributed by atoms with E-state index in [1.807, 2.05) is 17.0 Å². The van der Waals surface area contributed by atoms with Crippen LogP contribution in [0.3, 0.4) is 0 Å². The van der Waals surface area contributed by atoms with Crippen molar-refractivity contribution in [2.45, 2.75) is 31.7 Å². The van der Waals surface area contributed by atoms with Gasteiger partial charge in [0.2, 0.25) is 0 Å². The maximum Gasteiger partial charge on any atom is 0.255 e. The van der Waals surface area contributed by atoms with E-state index in [0.29, 0.717) is 17.1 Å². The fourth-order valence-electron chi connectivity index (χ4n) is 2.55. The van der Waals surface area contributed by atoms with Gasteiger partial charge in [0, 0.05) is 12.6 Å². The van der Waals surface area contributed by atoms with Gasteiger partial charge in [0.1, 0.15) is 0 Å². The molecule has 1 amide bonds. The van der Waals surface area contributed by atoms with Gasteiger partial charge < -0.3 is 10.6 Å². The first kappa shape index (κ1) is 13.4. The van der Waals surface area contributed by atoms with Crippen LogP contribution in [-0.2, 0) is 0 Å². The number of halogens is 1. The molecule has 3 nitrogen and oxygen atoms in total. The van der Waals surface area contributed by atoms with E-state index < -0.39 is 0 Å². The first-order valence-electron chi connectivity index (χ1n) is 6.49. The molecule has 0 saturated carbocycles. The second-order valence-electron chi connectivity index (χ2n) is 4.71. The molecule has 1 aliphatic rings. The highest BCUT2D eigenvalue weighted by Crippen LogP contribution is 2.24. The number of hydrogen-bond donors (Lipinski definition) is 1. The molecule has 0 radical (unpaired) electrons. The van der Waals surface area contributed by atoms with Gasteiger partial charge in [0.05, 0.1) is 10.6 Å². The molecule has 1 heterocycles. The summed E-state index contributed by atoms with van der Waals surface area (Å²) < 4.78 is 0. The summed E-state index contributed by atoms with van der Waals surface area (Å²) in [7, 11) is 0. The maximum atomic E-state index is 12.5. The number of amides is 1. The van der Waals surface area contributed by atoms with Gasteiger partial charge in [0.25, 0.3) is 5.91 Å². The molecule has 2 rings (SSSR count). The minimum atomic E-state index is 0.0405. The van der Waals surface area contributed by atoms with E-state index in [1.54, 1.807) is 12.1 Å². The zero-order valence-corrected chi connectivity index (χ0v) is 11.2. The summed E-state index contributed by atoms with van der Waals surface area (Å²) in [6, 6.07) is 7.51. The molecule has 0 aromatic heterocycles. The topological polar surface area (TPSA) is 46.3 Å². The Kier molecular flexibility index (Phi) is 4.61. The largest absolute Gasteiger partial charge is 0.336 e. The second kappa shape index (κ2) is 6.21. The number of carbonyl (C=O) groups is 1. The lowest BCUT2D eigenvalue weighted by Crippen LogP contribution is -2.44. The monoisotopic (exact) mass is 266 g/mol. The van der Waals surface area contributed by atoms with Crippen molar-refractivity contribution >= 4 is 17.5 Å². The van der Waals surface area contributed by atoms with E-state index in [4.69, 9.17) is 17.3 Å². The molecule has 2 N–H and O–H groups in total. The second-order valence-corrected chi connectivity index (χ2v) is 5.11. The first-order chi connectivity index (χ1) is 8.74. The summed E-state index contributed by atoms with van der Waals surface area (Å²) >= 11 is 6.09. The van der Waals surface area contributed by atoms with Gasteiger partial charge in [-0.15, -0.1) is 0 Å². The Hall–Kier alpha value is -1.06. The molecular formula is C14H19ClN2O. The molecule has 1 unspecified atom stereocenters. The fraction of sp³-hybridized carbons (Fsp3) is 0.500. The zero-order valence-electron chi connectivity index (χ0n) is 10.4. The molecule has 1 atom stereocenters. The van der Waals surface area contributed by atoms with E-state index in [0.717, 1.165) is 25.8 Å². The first-order valence-corrected chi connectivity index (χ1v) is 6.87. The van der Waals surface area contributed by atoms with Crippen molar-refractivity contribution in [3.63, 3.8) is 0 Å². The summed E-state index contributed by atoms with van der Waals surface area (Å²) in [4.78, 5) is 14.4. The van der Waals surface area contributed by atoms with Crippen LogP contribution in [0, 0.1) is 0 Å². The maximum absolute atomic E-state index is 12.5. The van der Waals surface area contributed by atoms with Gasteiger partial charge in [-0.25, -0.2) is 0 Å². The highest BCUT2D eigenvalue weighted by molar-refractivity contribution is 6.33. The third-order valence-corrected chi connectivity index (χ3v) is 3.82. The number of rotatable bonds is 3. The fourth-order valence-corrected chi connectivity index (χ4v) is 2.77. The van der Waals surface area contributed by atoms with Gasteiger partial charge in [-0.3, -0.25) is 4.79 Å². The van der Waals surface area contributed by atoms with Crippen LogP contribution < -0.4 is 5.73 Å². The normalized spacial score (nSPS) is 19.9. The summed E-state index contributed by atoms with van der Waals surface area (Å²) in [5.74, 6) is 0.0405. The number of nitrogens with zero attached hydrogens (tertiary/aromatic N) is 1. The van der Waals surface area contributed by atoms with Gasteiger partial charge in [0.15, 0.2) is 0 Å². The number of nitrogens with two attached hydrogens (primary N) is 1. The lowest BCUT2D eigenvalue weighted by atomic mass is 9.98. The highest BCUT2D eigenvalue weighted by atomic mass is 35.5. The average Bonchev–Trinajstić information content (AvgIpc) is 2.40. The molecule has 1 saturated heterocycles. The van der Waals surface area contributed by atoms with Crippen molar-refractivity contribution in [3.8, 4) is 0 Å². The van der Waals surface area contributed by atoms with Crippen molar-refractivity contribution in [2.75, 3.05) is 13.1 Å².